The molecule has 1 saturated heterocycles. The zero-order chi connectivity index (χ0) is 18.2. The molecule has 1 aromatic rings. The molecule has 1 heterocycles. The summed E-state index contributed by atoms with van der Waals surface area (Å²) in [5.74, 6) is 0.743. The highest BCUT2D eigenvalue weighted by atomic mass is 16.4. The molecule has 0 amide bonds. The minimum absolute atomic E-state index is 0.365. The van der Waals surface area contributed by atoms with Crippen molar-refractivity contribution in [1.82, 2.24) is 9.80 Å². The number of benzene rings is 1. The zero-order valence-corrected chi connectivity index (χ0v) is 16.1. The molecule has 0 saturated carbocycles. The van der Waals surface area contributed by atoms with Crippen LogP contribution >= 0.6 is 0 Å². The Labute approximate surface area is 152 Å². The molecule has 0 aromatic heterocycles. The fourth-order valence-electron chi connectivity index (χ4n) is 3.70. The van der Waals surface area contributed by atoms with E-state index in [2.05, 4.69) is 30.6 Å². The van der Waals surface area contributed by atoms with Crippen molar-refractivity contribution in [2.75, 3.05) is 32.7 Å². The number of rotatable bonds is 9. The van der Waals surface area contributed by atoms with Crippen molar-refractivity contribution in [3.63, 3.8) is 0 Å². The van der Waals surface area contributed by atoms with Crippen LogP contribution < -0.4 is 0 Å². The number of nitrogens with zero attached hydrogens (tertiary/aromatic N) is 2. The molecule has 1 aromatic carbocycles. The van der Waals surface area contributed by atoms with Gasteiger partial charge in [0.05, 0.1) is 5.56 Å². The summed E-state index contributed by atoms with van der Waals surface area (Å²) in [5.41, 5.74) is 1.57. The van der Waals surface area contributed by atoms with Crippen LogP contribution in [0.15, 0.2) is 24.3 Å². The first-order chi connectivity index (χ1) is 12.0. The fraction of sp³-hybridized carbons (Fsp3) is 0.667. The molecule has 0 spiro atoms. The summed E-state index contributed by atoms with van der Waals surface area (Å²) in [7, 11) is 0. The van der Waals surface area contributed by atoms with Gasteiger partial charge in [0.1, 0.15) is 0 Å². The highest BCUT2D eigenvalue weighted by Crippen LogP contribution is 2.22. The van der Waals surface area contributed by atoms with Crippen LogP contribution in [0.25, 0.3) is 0 Å². The van der Waals surface area contributed by atoms with Crippen molar-refractivity contribution >= 4 is 5.97 Å². The minimum Gasteiger partial charge on any atom is -0.478 e. The molecule has 4 nitrogen and oxygen atoms in total. The molecule has 4 heteroatoms. The first-order valence-corrected chi connectivity index (χ1v) is 9.74. The SMILES string of the molecule is CCN(CCC1CCN(Cc2ccc(C(=O)O)cc2)CC1)CC(C)C. The van der Waals surface area contributed by atoms with Gasteiger partial charge in [-0.25, -0.2) is 4.79 Å². The maximum atomic E-state index is 10.9. The van der Waals surface area contributed by atoms with Crippen molar-refractivity contribution in [3.05, 3.63) is 35.4 Å². The van der Waals surface area contributed by atoms with Gasteiger partial charge in [0.2, 0.25) is 0 Å². The fourth-order valence-corrected chi connectivity index (χ4v) is 3.70. The summed E-state index contributed by atoms with van der Waals surface area (Å²) in [5, 5.41) is 8.97. The summed E-state index contributed by atoms with van der Waals surface area (Å²) in [4.78, 5) is 16.0. The molecule has 1 N–H and O–H groups in total. The highest BCUT2D eigenvalue weighted by Gasteiger charge is 2.20. The van der Waals surface area contributed by atoms with Crippen molar-refractivity contribution < 1.29 is 9.90 Å². The first kappa shape index (κ1) is 19.9. The number of hydrogen-bond donors (Lipinski definition) is 1. The van der Waals surface area contributed by atoms with Gasteiger partial charge < -0.3 is 10.0 Å². The van der Waals surface area contributed by atoms with E-state index in [9.17, 15) is 4.79 Å². The molecule has 1 fully saturated rings. The molecule has 0 radical (unpaired) electrons. The summed E-state index contributed by atoms with van der Waals surface area (Å²) in [6, 6.07) is 7.30. The van der Waals surface area contributed by atoms with Gasteiger partial charge in [0, 0.05) is 13.1 Å². The van der Waals surface area contributed by atoms with Crippen molar-refractivity contribution in [2.24, 2.45) is 11.8 Å². The molecule has 1 aliphatic rings. The van der Waals surface area contributed by atoms with Gasteiger partial charge in [0.15, 0.2) is 0 Å². The quantitative estimate of drug-likeness (QED) is 0.735. The van der Waals surface area contributed by atoms with E-state index in [4.69, 9.17) is 5.11 Å². The standard InChI is InChI=1S/C21H34N2O2/c1-4-22(15-17(2)3)12-9-18-10-13-23(14-11-18)16-19-5-7-20(8-6-19)21(24)25/h5-8,17-18H,4,9-16H2,1-3H3,(H,24,25). The summed E-state index contributed by atoms with van der Waals surface area (Å²) >= 11 is 0. The van der Waals surface area contributed by atoms with Gasteiger partial charge in [-0.05, 0) is 75.0 Å². The Morgan fingerprint density at radius 2 is 1.88 bits per heavy atom. The molecule has 2 rings (SSSR count). The van der Waals surface area contributed by atoms with Crippen LogP contribution in [0.4, 0.5) is 0 Å². The third-order valence-electron chi connectivity index (χ3n) is 5.24. The van der Waals surface area contributed by atoms with Crippen LogP contribution in [0.2, 0.25) is 0 Å². The predicted octanol–water partition coefficient (Wildman–Crippen LogP) is 3.96. The van der Waals surface area contributed by atoms with Crippen LogP contribution in [0.1, 0.15) is 56.0 Å². The molecule has 1 aliphatic heterocycles. The van der Waals surface area contributed by atoms with Crippen LogP contribution in [0, 0.1) is 11.8 Å². The summed E-state index contributed by atoms with van der Waals surface area (Å²) in [6.45, 7) is 13.7. The van der Waals surface area contributed by atoms with E-state index < -0.39 is 5.97 Å². The van der Waals surface area contributed by atoms with Crippen molar-refractivity contribution in [3.8, 4) is 0 Å². The van der Waals surface area contributed by atoms with E-state index >= 15 is 0 Å². The number of carbonyl (C=O) groups is 1. The lowest BCUT2D eigenvalue weighted by molar-refractivity contribution is 0.0697. The number of aromatic carboxylic acids is 1. The maximum absolute atomic E-state index is 10.9. The summed E-state index contributed by atoms with van der Waals surface area (Å²) < 4.78 is 0. The van der Waals surface area contributed by atoms with Gasteiger partial charge in [-0.3, -0.25) is 4.90 Å². The predicted molar refractivity (Wildman–Crippen MR) is 103 cm³/mol. The van der Waals surface area contributed by atoms with E-state index in [1.165, 1.54) is 37.9 Å². The van der Waals surface area contributed by atoms with E-state index in [-0.39, 0.29) is 0 Å². The highest BCUT2D eigenvalue weighted by molar-refractivity contribution is 5.87. The maximum Gasteiger partial charge on any atom is 0.335 e. The second kappa shape index (κ2) is 9.93. The van der Waals surface area contributed by atoms with Crippen molar-refractivity contribution in [2.45, 2.75) is 46.6 Å². The minimum atomic E-state index is -0.856. The lowest BCUT2D eigenvalue weighted by Crippen LogP contribution is -2.35. The number of piperidine rings is 1. The van der Waals surface area contributed by atoms with Crippen molar-refractivity contribution in [1.29, 1.82) is 0 Å². The Morgan fingerprint density at radius 1 is 1.24 bits per heavy atom. The smallest absolute Gasteiger partial charge is 0.335 e. The first-order valence-electron chi connectivity index (χ1n) is 9.74. The molecule has 0 aliphatic carbocycles. The Hall–Kier alpha value is -1.39. The average Bonchev–Trinajstić information content (AvgIpc) is 2.60. The van der Waals surface area contributed by atoms with E-state index in [1.54, 1.807) is 12.1 Å². The number of hydrogen-bond acceptors (Lipinski definition) is 3. The second-order valence-electron chi connectivity index (χ2n) is 7.80. The molecule has 0 bridgehead atoms. The Balaban J connectivity index is 1.71. The Morgan fingerprint density at radius 3 is 2.40 bits per heavy atom. The average molecular weight is 347 g/mol. The Kier molecular flexibility index (Phi) is 7.91. The van der Waals surface area contributed by atoms with Gasteiger partial charge in [0.25, 0.3) is 0 Å². The second-order valence-corrected chi connectivity index (χ2v) is 7.80. The molecule has 140 valence electrons. The number of carboxylic acid groups (broad SMARTS) is 1. The van der Waals surface area contributed by atoms with Gasteiger partial charge >= 0.3 is 5.97 Å². The zero-order valence-electron chi connectivity index (χ0n) is 16.1. The molecular weight excluding hydrogens is 312 g/mol. The monoisotopic (exact) mass is 346 g/mol. The topological polar surface area (TPSA) is 43.8 Å². The van der Waals surface area contributed by atoms with Crippen LogP contribution in [-0.2, 0) is 6.54 Å². The third-order valence-corrected chi connectivity index (χ3v) is 5.24. The van der Waals surface area contributed by atoms with Crippen LogP contribution in [0.3, 0.4) is 0 Å². The summed E-state index contributed by atoms with van der Waals surface area (Å²) in [6.07, 6.45) is 3.89. The van der Waals surface area contributed by atoms with Gasteiger partial charge in [-0.2, -0.15) is 0 Å². The van der Waals surface area contributed by atoms with Crippen LogP contribution in [-0.4, -0.2) is 53.6 Å². The van der Waals surface area contributed by atoms with Gasteiger partial charge in [-0.15, -0.1) is 0 Å². The lowest BCUT2D eigenvalue weighted by Gasteiger charge is -2.33. The molecule has 0 unspecified atom stereocenters. The largest absolute Gasteiger partial charge is 0.478 e. The molecule has 25 heavy (non-hydrogen) atoms. The molecular formula is C21H34N2O2. The normalized spacial score (nSPS) is 16.7. The number of likely N-dealkylation sites (tertiary alicyclic amines) is 1. The molecule has 0 atom stereocenters. The van der Waals surface area contributed by atoms with E-state index in [1.807, 2.05) is 12.1 Å². The third kappa shape index (κ3) is 6.79. The van der Waals surface area contributed by atoms with Gasteiger partial charge in [-0.1, -0.05) is 32.9 Å². The van der Waals surface area contributed by atoms with Crippen LogP contribution in [0.5, 0.6) is 0 Å². The lowest BCUT2D eigenvalue weighted by atomic mass is 9.93. The van der Waals surface area contributed by atoms with E-state index in [0.29, 0.717) is 5.56 Å². The Bertz CT molecular complexity index is 519. The number of carboxylic acids is 1. The van der Waals surface area contributed by atoms with E-state index in [0.717, 1.165) is 38.0 Å².